The Morgan fingerprint density at radius 2 is 1.67 bits per heavy atom. The number of nitrogens with two attached hydrogens (primary N) is 1. The van der Waals surface area contributed by atoms with Crippen LogP contribution in [0, 0.1) is 0 Å². The minimum Gasteiger partial charge on any atom is -0.341 e. The number of carbonyl (C=O) groups is 2. The van der Waals surface area contributed by atoms with Crippen LogP contribution in [0.1, 0.15) is 40.0 Å². The third-order valence-electron chi connectivity index (χ3n) is 3.28. The van der Waals surface area contributed by atoms with E-state index in [0.717, 1.165) is 19.5 Å². The molecule has 104 valence electrons. The average Bonchev–Trinajstić information content (AvgIpc) is 2.50. The van der Waals surface area contributed by atoms with Crippen molar-refractivity contribution in [2.45, 2.75) is 45.6 Å². The van der Waals surface area contributed by atoms with Crippen molar-refractivity contribution in [1.82, 2.24) is 9.80 Å². The first-order valence-electron chi connectivity index (χ1n) is 6.62. The van der Waals surface area contributed by atoms with Gasteiger partial charge in [0.2, 0.25) is 11.8 Å². The molecule has 1 fully saturated rings. The Bertz CT molecular complexity index is 310. The van der Waals surface area contributed by atoms with Gasteiger partial charge in [-0.3, -0.25) is 9.59 Å². The Labute approximate surface area is 109 Å². The predicted molar refractivity (Wildman–Crippen MR) is 71.0 cm³/mol. The molecule has 0 atom stereocenters. The maximum Gasteiger partial charge on any atom is 0.222 e. The van der Waals surface area contributed by atoms with Gasteiger partial charge in [-0.15, -0.1) is 0 Å². The Morgan fingerprint density at radius 1 is 1.11 bits per heavy atom. The zero-order valence-electron chi connectivity index (χ0n) is 11.7. The Hall–Kier alpha value is -1.10. The molecule has 5 nitrogen and oxygen atoms in total. The molecule has 0 unspecified atom stereocenters. The molecule has 1 aliphatic rings. The molecule has 1 rings (SSSR count). The summed E-state index contributed by atoms with van der Waals surface area (Å²) in [7, 11) is 0. The van der Waals surface area contributed by atoms with Gasteiger partial charge in [0.25, 0.3) is 0 Å². The van der Waals surface area contributed by atoms with Crippen molar-refractivity contribution in [3.8, 4) is 0 Å². The summed E-state index contributed by atoms with van der Waals surface area (Å²) in [4.78, 5) is 27.0. The van der Waals surface area contributed by atoms with Crippen LogP contribution < -0.4 is 5.73 Å². The zero-order chi connectivity index (χ0) is 13.8. The molecule has 0 aromatic carbocycles. The number of rotatable bonds is 3. The second-order valence-electron chi connectivity index (χ2n) is 5.73. The van der Waals surface area contributed by atoms with E-state index in [0.29, 0.717) is 25.9 Å². The first kappa shape index (κ1) is 15.0. The second kappa shape index (κ2) is 6.18. The molecule has 1 heterocycles. The third-order valence-corrected chi connectivity index (χ3v) is 3.28. The lowest BCUT2D eigenvalue weighted by Gasteiger charge is -2.24. The van der Waals surface area contributed by atoms with Gasteiger partial charge in [0.15, 0.2) is 0 Å². The van der Waals surface area contributed by atoms with Crippen molar-refractivity contribution in [1.29, 1.82) is 0 Å². The van der Waals surface area contributed by atoms with E-state index in [9.17, 15) is 9.59 Å². The molecule has 0 aromatic heterocycles. The Balaban J connectivity index is 2.43. The standard InChI is InChI=1S/C13H25N3O2/c1-11(17)15-7-4-8-16(10-9-15)12(18)5-6-13(2,3)14/h4-10,14H2,1-3H3. The van der Waals surface area contributed by atoms with Gasteiger partial charge < -0.3 is 15.5 Å². The van der Waals surface area contributed by atoms with Gasteiger partial charge in [0, 0.05) is 45.1 Å². The Kier molecular flexibility index (Phi) is 5.14. The summed E-state index contributed by atoms with van der Waals surface area (Å²) in [6.45, 7) is 8.22. The predicted octanol–water partition coefficient (Wildman–Crippen LogP) is 0.585. The van der Waals surface area contributed by atoms with Crippen LogP contribution >= 0.6 is 0 Å². The summed E-state index contributed by atoms with van der Waals surface area (Å²) in [6.07, 6.45) is 2.04. The number of carbonyl (C=O) groups excluding carboxylic acids is 2. The molecule has 0 bridgehead atoms. The van der Waals surface area contributed by atoms with E-state index in [1.807, 2.05) is 18.7 Å². The molecule has 0 saturated carbocycles. The summed E-state index contributed by atoms with van der Waals surface area (Å²) in [5, 5.41) is 0. The van der Waals surface area contributed by atoms with Gasteiger partial charge in [0.05, 0.1) is 0 Å². The fourth-order valence-electron chi connectivity index (χ4n) is 2.07. The average molecular weight is 255 g/mol. The van der Waals surface area contributed by atoms with Crippen LogP contribution in [0.3, 0.4) is 0 Å². The van der Waals surface area contributed by atoms with E-state index in [2.05, 4.69) is 0 Å². The van der Waals surface area contributed by atoms with Crippen LogP contribution in [-0.2, 0) is 9.59 Å². The van der Waals surface area contributed by atoms with Crippen molar-refractivity contribution in [2.75, 3.05) is 26.2 Å². The highest BCUT2D eigenvalue weighted by molar-refractivity contribution is 5.77. The molecule has 1 saturated heterocycles. The van der Waals surface area contributed by atoms with Crippen molar-refractivity contribution >= 4 is 11.8 Å². The lowest BCUT2D eigenvalue weighted by Crippen LogP contribution is -2.38. The van der Waals surface area contributed by atoms with E-state index in [4.69, 9.17) is 5.73 Å². The van der Waals surface area contributed by atoms with E-state index >= 15 is 0 Å². The minimum absolute atomic E-state index is 0.0902. The second-order valence-corrected chi connectivity index (χ2v) is 5.73. The quantitative estimate of drug-likeness (QED) is 0.802. The van der Waals surface area contributed by atoms with Gasteiger partial charge >= 0.3 is 0 Å². The topological polar surface area (TPSA) is 66.6 Å². The highest BCUT2D eigenvalue weighted by Gasteiger charge is 2.21. The first-order valence-corrected chi connectivity index (χ1v) is 6.62. The first-order chi connectivity index (χ1) is 8.29. The SMILES string of the molecule is CC(=O)N1CCCN(C(=O)CCC(C)(C)N)CC1. The molecular formula is C13H25N3O2. The number of hydrogen-bond acceptors (Lipinski definition) is 3. The highest BCUT2D eigenvalue weighted by atomic mass is 16.2. The molecule has 0 radical (unpaired) electrons. The molecule has 2 amide bonds. The van der Waals surface area contributed by atoms with Crippen LogP contribution in [0.15, 0.2) is 0 Å². The van der Waals surface area contributed by atoms with Gasteiger partial charge in [0.1, 0.15) is 0 Å². The number of nitrogens with zero attached hydrogens (tertiary/aromatic N) is 2. The van der Waals surface area contributed by atoms with Crippen LogP contribution in [0.25, 0.3) is 0 Å². The molecule has 2 N–H and O–H groups in total. The molecule has 1 aliphatic heterocycles. The molecule has 0 aliphatic carbocycles. The number of amides is 2. The van der Waals surface area contributed by atoms with Crippen LogP contribution in [0.4, 0.5) is 0 Å². The summed E-state index contributed by atoms with van der Waals surface area (Å²) in [5.41, 5.74) is 5.58. The third kappa shape index (κ3) is 5.04. The molecular weight excluding hydrogens is 230 g/mol. The summed E-state index contributed by atoms with van der Waals surface area (Å²) in [5.74, 6) is 0.242. The normalized spacial score (nSPS) is 17.6. The van der Waals surface area contributed by atoms with Gasteiger partial charge in [-0.1, -0.05) is 0 Å². The fourth-order valence-corrected chi connectivity index (χ4v) is 2.07. The van der Waals surface area contributed by atoms with Gasteiger partial charge in [-0.2, -0.15) is 0 Å². The lowest BCUT2D eigenvalue weighted by atomic mass is 10.00. The van der Waals surface area contributed by atoms with E-state index in [1.54, 1.807) is 11.8 Å². The van der Waals surface area contributed by atoms with E-state index in [1.165, 1.54) is 0 Å². The van der Waals surface area contributed by atoms with E-state index in [-0.39, 0.29) is 17.4 Å². The van der Waals surface area contributed by atoms with Gasteiger partial charge in [-0.05, 0) is 26.7 Å². The number of hydrogen-bond donors (Lipinski definition) is 1. The summed E-state index contributed by atoms with van der Waals surface area (Å²) >= 11 is 0. The Morgan fingerprint density at radius 3 is 2.22 bits per heavy atom. The van der Waals surface area contributed by atoms with Crippen molar-refractivity contribution in [3.05, 3.63) is 0 Å². The maximum atomic E-state index is 12.0. The van der Waals surface area contributed by atoms with E-state index < -0.39 is 0 Å². The monoisotopic (exact) mass is 255 g/mol. The zero-order valence-corrected chi connectivity index (χ0v) is 11.7. The molecule has 18 heavy (non-hydrogen) atoms. The van der Waals surface area contributed by atoms with Gasteiger partial charge in [-0.25, -0.2) is 0 Å². The maximum absolute atomic E-state index is 12.0. The fraction of sp³-hybridized carbons (Fsp3) is 0.846. The van der Waals surface area contributed by atoms with Crippen LogP contribution in [0.2, 0.25) is 0 Å². The summed E-state index contributed by atoms with van der Waals surface area (Å²) < 4.78 is 0. The highest BCUT2D eigenvalue weighted by Crippen LogP contribution is 2.11. The molecule has 0 spiro atoms. The largest absolute Gasteiger partial charge is 0.341 e. The molecule has 0 aromatic rings. The van der Waals surface area contributed by atoms with Crippen molar-refractivity contribution in [3.63, 3.8) is 0 Å². The van der Waals surface area contributed by atoms with Crippen LogP contribution in [-0.4, -0.2) is 53.3 Å². The lowest BCUT2D eigenvalue weighted by molar-refractivity contribution is -0.132. The summed E-state index contributed by atoms with van der Waals surface area (Å²) in [6, 6.07) is 0. The smallest absolute Gasteiger partial charge is 0.222 e. The van der Waals surface area contributed by atoms with Crippen LogP contribution in [0.5, 0.6) is 0 Å². The molecule has 5 heteroatoms. The minimum atomic E-state index is -0.299. The van der Waals surface area contributed by atoms with Crippen molar-refractivity contribution in [2.24, 2.45) is 5.73 Å². The van der Waals surface area contributed by atoms with Crippen molar-refractivity contribution < 1.29 is 9.59 Å².